The molecule has 1 rings (SSSR count). The summed E-state index contributed by atoms with van der Waals surface area (Å²) in [5.74, 6) is -0.719. The molecule has 1 aromatic carbocycles. The second kappa shape index (κ2) is 5.12. The molecule has 3 nitrogen and oxygen atoms in total. The normalized spacial score (nSPS) is 10.0. The van der Waals surface area contributed by atoms with Crippen LogP contribution in [0.15, 0.2) is 12.1 Å². The van der Waals surface area contributed by atoms with Gasteiger partial charge in [-0.05, 0) is 37.1 Å². The lowest BCUT2D eigenvalue weighted by Crippen LogP contribution is -2.16. The smallest absolute Gasteiger partial charge is 0.230 e. The third kappa shape index (κ3) is 2.42. The van der Waals surface area contributed by atoms with Crippen molar-refractivity contribution >= 4 is 23.2 Å². The molecule has 0 aliphatic carbocycles. The molecule has 0 amide bonds. The minimum Gasteiger partial charge on any atom is -0.496 e. The summed E-state index contributed by atoms with van der Waals surface area (Å²) in [4.78, 5) is 22.9. The molecule has 16 heavy (non-hydrogen) atoms. The number of carbonyl (C=O) groups excluding carboxylic acids is 2. The third-order valence-electron chi connectivity index (χ3n) is 2.36. The molecule has 86 valence electrons. The van der Waals surface area contributed by atoms with E-state index >= 15 is 0 Å². The van der Waals surface area contributed by atoms with Crippen molar-refractivity contribution in [2.24, 2.45) is 0 Å². The summed E-state index contributed by atoms with van der Waals surface area (Å²) in [5.41, 5.74) is 1.92. The third-order valence-corrected chi connectivity index (χ3v) is 2.60. The Bertz CT molecular complexity index is 438. The second-order valence-electron chi connectivity index (χ2n) is 3.52. The molecule has 0 radical (unpaired) electrons. The van der Waals surface area contributed by atoms with Crippen LogP contribution in [0.1, 0.15) is 21.5 Å². The number of rotatable bonds is 4. The number of ether oxygens (including phenoxy) is 1. The summed E-state index contributed by atoms with van der Waals surface area (Å²) >= 11 is 5.35. The van der Waals surface area contributed by atoms with E-state index in [1.807, 2.05) is 6.92 Å². The van der Waals surface area contributed by atoms with Crippen LogP contribution in [0.3, 0.4) is 0 Å². The van der Waals surface area contributed by atoms with Crippen molar-refractivity contribution in [1.29, 1.82) is 0 Å². The SMILES string of the molecule is COc1cc(C)c(C(=O)C(=O)CCl)cc1C. The van der Waals surface area contributed by atoms with E-state index < -0.39 is 11.6 Å². The predicted octanol–water partition coefficient (Wildman–Crippen LogP) is 2.30. The molecule has 0 aliphatic heterocycles. The Hall–Kier alpha value is -1.35. The van der Waals surface area contributed by atoms with Gasteiger partial charge in [-0.15, -0.1) is 11.6 Å². The van der Waals surface area contributed by atoms with Gasteiger partial charge in [0.25, 0.3) is 0 Å². The molecule has 1 aromatic rings. The number of alkyl halides is 1. The quantitative estimate of drug-likeness (QED) is 0.461. The van der Waals surface area contributed by atoms with Crippen molar-refractivity contribution in [3.8, 4) is 5.75 Å². The first-order valence-electron chi connectivity index (χ1n) is 4.80. The molecule has 0 heterocycles. The Morgan fingerprint density at radius 3 is 2.38 bits per heavy atom. The molecule has 0 unspecified atom stereocenters. The molecular weight excluding hydrogens is 228 g/mol. The largest absolute Gasteiger partial charge is 0.496 e. The van der Waals surface area contributed by atoms with E-state index in [9.17, 15) is 9.59 Å². The number of methoxy groups -OCH3 is 1. The Labute approximate surface area is 99.4 Å². The van der Waals surface area contributed by atoms with Gasteiger partial charge in [0.1, 0.15) is 5.75 Å². The van der Waals surface area contributed by atoms with Gasteiger partial charge < -0.3 is 4.74 Å². The number of ketones is 2. The topological polar surface area (TPSA) is 43.4 Å². The van der Waals surface area contributed by atoms with Gasteiger partial charge in [-0.2, -0.15) is 0 Å². The highest BCUT2D eigenvalue weighted by Gasteiger charge is 2.18. The summed E-state index contributed by atoms with van der Waals surface area (Å²) in [5, 5.41) is 0. The van der Waals surface area contributed by atoms with Crippen molar-refractivity contribution < 1.29 is 14.3 Å². The highest BCUT2D eigenvalue weighted by atomic mass is 35.5. The molecule has 4 heteroatoms. The molecule has 0 saturated carbocycles. The monoisotopic (exact) mass is 240 g/mol. The van der Waals surface area contributed by atoms with Crippen molar-refractivity contribution in [1.82, 2.24) is 0 Å². The minimum atomic E-state index is -0.589. The zero-order valence-corrected chi connectivity index (χ0v) is 10.2. The van der Waals surface area contributed by atoms with Crippen molar-refractivity contribution in [2.45, 2.75) is 13.8 Å². The van der Waals surface area contributed by atoms with Crippen LogP contribution in [0.5, 0.6) is 5.75 Å². The molecule has 0 spiro atoms. The summed E-state index contributed by atoms with van der Waals surface area (Å²) in [6, 6.07) is 3.39. The van der Waals surface area contributed by atoms with Crippen molar-refractivity contribution in [3.63, 3.8) is 0 Å². The van der Waals surface area contributed by atoms with Crippen LogP contribution in [-0.4, -0.2) is 24.6 Å². The highest BCUT2D eigenvalue weighted by Crippen LogP contribution is 2.22. The average molecular weight is 241 g/mol. The standard InChI is InChI=1S/C12H13ClO3/c1-7-5-11(16-3)8(2)4-9(7)12(15)10(14)6-13/h4-5H,6H2,1-3H3. The second-order valence-corrected chi connectivity index (χ2v) is 3.79. The van der Waals surface area contributed by atoms with Crippen LogP contribution in [0.25, 0.3) is 0 Å². The van der Waals surface area contributed by atoms with E-state index in [0.29, 0.717) is 16.9 Å². The lowest BCUT2D eigenvalue weighted by Gasteiger charge is -2.09. The van der Waals surface area contributed by atoms with E-state index in [-0.39, 0.29) is 5.88 Å². The number of aryl methyl sites for hydroxylation is 2. The maximum absolute atomic E-state index is 11.7. The number of hydrogen-bond donors (Lipinski definition) is 0. The zero-order valence-electron chi connectivity index (χ0n) is 9.46. The summed E-state index contributed by atoms with van der Waals surface area (Å²) in [6.07, 6.45) is 0. The number of hydrogen-bond acceptors (Lipinski definition) is 3. The number of Topliss-reactive ketones (excluding diaryl/α,β-unsaturated/α-hetero) is 2. The lowest BCUT2D eigenvalue weighted by atomic mass is 9.99. The van der Waals surface area contributed by atoms with E-state index in [2.05, 4.69) is 0 Å². The molecule has 0 saturated heterocycles. The van der Waals surface area contributed by atoms with E-state index in [1.54, 1.807) is 26.2 Å². The molecule has 0 atom stereocenters. The van der Waals surface area contributed by atoms with Gasteiger partial charge >= 0.3 is 0 Å². The van der Waals surface area contributed by atoms with Gasteiger partial charge in [-0.1, -0.05) is 0 Å². The van der Waals surface area contributed by atoms with Crippen LogP contribution in [-0.2, 0) is 4.79 Å². The van der Waals surface area contributed by atoms with Crippen LogP contribution in [0.4, 0.5) is 0 Å². The molecule has 0 fully saturated rings. The van der Waals surface area contributed by atoms with Crippen LogP contribution in [0, 0.1) is 13.8 Å². The van der Waals surface area contributed by atoms with Crippen LogP contribution in [0.2, 0.25) is 0 Å². The van der Waals surface area contributed by atoms with Gasteiger partial charge in [-0.3, -0.25) is 9.59 Å². The molecule has 0 aromatic heterocycles. The first kappa shape index (κ1) is 12.7. The van der Waals surface area contributed by atoms with Crippen molar-refractivity contribution in [3.05, 3.63) is 28.8 Å². The first-order chi connectivity index (χ1) is 7.51. The van der Waals surface area contributed by atoms with Crippen LogP contribution < -0.4 is 4.74 Å². The Morgan fingerprint density at radius 1 is 1.25 bits per heavy atom. The maximum atomic E-state index is 11.7. The molecule has 0 aliphatic rings. The van der Waals surface area contributed by atoms with Gasteiger partial charge in [0, 0.05) is 5.56 Å². The van der Waals surface area contributed by atoms with E-state index in [4.69, 9.17) is 16.3 Å². The van der Waals surface area contributed by atoms with E-state index in [0.717, 1.165) is 5.56 Å². The first-order valence-corrected chi connectivity index (χ1v) is 5.33. The fraction of sp³-hybridized carbons (Fsp3) is 0.333. The van der Waals surface area contributed by atoms with E-state index in [1.165, 1.54) is 0 Å². The lowest BCUT2D eigenvalue weighted by molar-refractivity contribution is -0.112. The average Bonchev–Trinajstić information content (AvgIpc) is 2.29. The summed E-state index contributed by atoms with van der Waals surface area (Å²) in [6.45, 7) is 3.58. The van der Waals surface area contributed by atoms with Crippen LogP contribution >= 0.6 is 11.6 Å². The Kier molecular flexibility index (Phi) is 4.07. The fourth-order valence-electron chi connectivity index (χ4n) is 1.47. The van der Waals surface area contributed by atoms with Gasteiger partial charge in [-0.25, -0.2) is 0 Å². The van der Waals surface area contributed by atoms with Crippen molar-refractivity contribution in [2.75, 3.05) is 13.0 Å². The van der Waals surface area contributed by atoms with Gasteiger partial charge in [0.05, 0.1) is 13.0 Å². The Morgan fingerprint density at radius 2 is 1.88 bits per heavy atom. The van der Waals surface area contributed by atoms with Gasteiger partial charge in [0.15, 0.2) is 0 Å². The molecule has 0 N–H and O–H groups in total. The number of halogens is 1. The van der Waals surface area contributed by atoms with Gasteiger partial charge in [0.2, 0.25) is 11.6 Å². The molecule has 0 bridgehead atoms. The number of benzene rings is 1. The zero-order chi connectivity index (χ0) is 12.3. The minimum absolute atomic E-state index is 0.288. The predicted molar refractivity (Wildman–Crippen MR) is 62.5 cm³/mol. The summed E-state index contributed by atoms with van der Waals surface area (Å²) < 4.78 is 5.13. The Balaban J connectivity index is 3.21. The highest BCUT2D eigenvalue weighted by molar-refractivity contribution is 6.51. The maximum Gasteiger partial charge on any atom is 0.230 e. The number of carbonyl (C=O) groups is 2. The molecular formula is C12H13ClO3. The summed E-state index contributed by atoms with van der Waals surface area (Å²) in [7, 11) is 1.56. The fourth-order valence-corrected chi connectivity index (χ4v) is 1.59.